The van der Waals surface area contributed by atoms with Crippen molar-refractivity contribution < 1.29 is 23.3 Å². The highest BCUT2D eigenvalue weighted by molar-refractivity contribution is 5.96. The fourth-order valence-electron chi connectivity index (χ4n) is 1.43. The maximum Gasteiger partial charge on any atom is 0.307 e. The highest BCUT2D eigenvalue weighted by Gasteiger charge is 2.22. The molecule has 0 spiro atoms. The van der Waals surface area contributed by atoms with E-state index in [4.69, 9.17) is 0 Å². The first kappa shape index (κ1) is 16.5. The molecule has 0 aliphatic rings. The number of carbonyl (C=O) groups excluding carboxylic acids is 2. The molecule has 2 N–H and O–H groups in total. The molecular formula is C12H13F2N3O4. The van der Waals surface area contributed by atoms with E-state index in [1.54, 1.807) is 0 Å². The van der Waals surface area contributed by atoms with E-state index in [9.17, 15) is 28.5 Å². The van der Waals surface area contributed by atoms with Crippen molar-refractivity contribution in [2.75, 3.05) is 13.1 Å². The molecule has 0 heterocycles. The number of halogens is 2. The first-order chi connectivity index (χ1) is 9.86. The summed E-state index contributed by atoms with van der Waals surface area (Å²) in [5.74, 6) is -4.09. The van der Waals surface area contributed by atoms with Gasteiger partial charge in [0.2, 0.25) is 11.7 Å². The second kappa shape index (κ2) is 7.27. The molecule has 0 saturated heterocycles. The second-order valence-electron chi connectivity index (χ2n) is 4.07. The maximum absolute atomic E-state index is 13.5. The van der Waals surface area contributed by atoms with Crippen LogP contribution >= 0.6 is 0 Å². The van der Waals surface area contributed by atoms with Crippen LogP contribution in [0.3, 0.4) is 0 Å². The van der Waals surface area contributed by atoms with Crippen LogP contribution in [-0.2, 0) is 4.79 Å². The van der Waals surface area contributed by atoms with Crippen LogP contribution in [0.5, 0.6) is 0 Å². The summed E-state index contributed by atoms with van der Waals surface area (Å²) < 4.78 is 26.9. The Balaban J connectivity index is 2.77. The quantitative estimate of drug-likeness (QED) is 0.607. The summed E-state index contributed by atoms with van der Waals surface area (Å²) in [5.41, 5.74) is -1.77. The van der Waals surface area contributed by atoms with Crippen molar-refractivity contribution in [3.05, 3.63) is 39.4 Å². The SMILES string of the molecule is CCCNC(=O)CNC(=O)c1cc(F)c([N+](=O)[O-])cc1F. The van der Waals surface area contributed by atoms with Gasteiger partial charge < -0.3 is 10.6 Å². The van der Waals surface area contributed by atoms with E-state index in [0.29, 0.717) is 25.1 Å². The molecule has 21 heavy (non-hydrogen) atoms. The van der Waals surface area contributed by atoms with Crippen LogP contribution in [0.25, 0.3) is 0 Å². The highest BCUT2D eigenvalue weighted by Crippen LogP contribution is 2.21. The summed E-state index contributed by atoms with van der Waals surface area (Å²) in [6.07, 6.45) is 0.710. The molecular weight excluding hydrogens is 288 g/mol. The van der Waals surface area contributed by atoms with Crippen LogP contribution in [0.2, 0.25) is 0 Å². The molecule has 2 amide bonds. The number of benzene rings is 1. The van der Waals surface area contributed by atoms with Crippen LogP contribution in [0.15, 0.2) is 12.1 Å². The van der Waals surface area contributed by atoms with Crippen molar-refractivity contribution >= 4 is 17.5 Å². The van der Waals surface area contributed by atoms with Crippen LogP contribution in [0, 0.1) is 21.7 Å². The molecule has 0 radical (unpaired) electrons. The number of nitro groups is 1. The third-order valence-corrected chi connectivity index (χ3v) is 2.46. The maximum atomic E-state index is 13.5. The van der Waals surface area contributed by atoms with E-state index >= 15 is 0 Å². The summed E-state index contributed by atoms with van der Waals surface area (Å²) in [4.78, 5) is 32.2. The Labute approximate surface area is 118 Å². The lowest BCUT2D eigenvalue weighted by Crippen LogP contribution is -2.37. The smallest absolute Gasteiger partial charge is 0.307 e. The van der Waals surface area contributed by atoms with E-state index in [1.807, 2.05) is 6.92 Å². The molecule has 0 aliphatic carbocycles. The van der Waals surface area contributed by atoms with Gasteiger partial charge in [0.15, 0.2) is 0 Å². The third-order valence-electron chi connectivity index (χ3n) is 2.46. The lowest BCUT2D eigenvalue weighted by Gasteiger charge is -2.07. The number of amides is 2. The molecule has 0 fully saturated rings. The van der Waals surface area contributed by atoms with Gasteiger partial charge in [0, 0.05) is 6.54 Å². The Morgan fingerprint density at radius 3 is 2.48 bits per heavy atom. The number of hydrogen-bond acceptors (Lipinski definition) is 4. The summed E-state index contributed by atoms with van der Waals surface area (Å²) >= 11 is 0. The highest BCUT2D eigenvalue weighted by atomic mass is 19.1. The molecule has 0 aromatic heterocycles. The van der Waals surface area contributed by atoms with Gasteiger partial charge in [-0.25, -0.2) is 4.39 Å². The van der Waals surface area contributed by atoms with Crippen LogP contribution < -0.4 is 10.6 Å². The zero-order valence-corrected chi connectivity index (χ0v) is 11.1. The van der Waals surface area contributed by atoms with Gasteiger partial charge in [-0.3, -0.25) is 19.7 Å². The Morgan fingerprint density at radius 2 is 1.90 bits per heavy atom. The van der Waals surface area contributed by atoms with Gasteiger partial charge in [0.1, 0.15) is 5.82 Å². The van der Waals surface area contributed by atoms with Crippen molar-refractivity contribution in [3.8, 4) is 0 Å². The van der Waals surface area contributed by atoms with Crippen LogP contribution in [0.1, 0.15) is 23.7 Å². The minimum absolute atomic E-state index is 0.321. The van der Waals surface area contributed by atoms with E-state index in [-0.39, 0.29) is 0 Å². The van der Waals surface area contributed by atoms with Crippen LogP contribution in [-0.4, -0.2) is 29.8 Å². The van der Waals surface area contributed by atoms with Gasteiger partial charge in [0.25, 0.3) is 5.91 Å². The molecule has 0 bridgehead atoms. The second-order valence-corrected chi connectivity index (χ2v) is 4.07. The zero-order valence-electron chi connectivity index (χ0n) is 11.1. The number of carbonyl (C=O) groups is 2. The van der Waals surface area contributed by atoms with Gasteiger partial charge in [0.05, 0.1) is 23.1 Å². The summed E-state index contributed by atoms with van der Waals surface area (Å²) in [7, 11) is 0. The Morgan fingerprint density at radius 1 is 1.24 bits per heavy atom. The molecule has 1 rings (SSSR count). The molecule has 7 nitrogen and oxygen atoms in total. The average Bonchev–Trinajstić information content (AvgIpc) is 2.44. The summed E-state index contributed by atoms with van der Waals surface area (Å²) in [6, 6.07) is 0.744. The van der Waals surface area contributed by atoms with Gasteiger partial charge in [-0.15, -0.1) is 0 Å². The third kappa shape index (κ3) is 4.48. The zero-order chi connectivity index (χ0) is 16.0. The van der Waals surface area contributed by atoms with Crippen molar-refractivity contribution in [1.82, 2.24) is 10.6 Å². The van der Waals surface area contributed by atoms with E-state index in [1.165, 1.54) is 0 Å². The van der Waals surface area contributed by atoms with Crippen molar-refractivity contribution in [2.45, 2.75) is 13.3 Å². The largest absolute Gasteiger partial charge is 0.355 e. The minimum atomic E-state index is -1.33. The normalized spacial score (nSPS) is 10.0. The monoisotopic (exact) mass is 301 g/mol. The van der Waals surface area contributed by atoms with Crippen molar-refractivity contribution in [3.63, 3.8) is 0 Å². The molecule has 0 saturated carbocycles. The predicted molar refractivity (Wildman–Crippen MR) is 68.6 cm³/mol. The molecule has 9 heteroatoms. The van der Waals surface area contributed by atoms with E-state index < -0.39 is 46.2 Å². The number of hydrogen-bond donors (Lipinski definition) is 2. The Kier molecular flexibility index (Phi) is 5.70. The number of rotatable bonds is 6. The molecule has 1 aromatic carbocycles. The number of nitrogens with zero attached hydrogens (tertiary/aromatic N) is 1. The Hall–Kier alpha value is -2.58. The molecule has 0 unspecified atom stereocenters. The van der Waals surface area contributed by atoms with Gasteiger partial charge in [-0.05, 0) is 12.5 Å². The molecule has 0 atom stereocenters. The minimum Gasteiger partial charge on any atom is -0.355 e. The topological polar surface area (TPSA) is 101 Å². The lowest BCUT2D eigenvalue weighted by atomic mass is 10.1. The van der Waals surface area contributed by atoms with Gasteiger partial charge in [-0.1, -0.05) is 6.92 Å². The molecule has 114 valence electrons. The number of nitrogens with one attached hydrogen (secondary N) is 2. The van der Waals surface area contributed by atoms with Crippen molar-refractivity contribution in [2.24, 2.45) is 0 Å². The first-order valence-electron chi connectivity index (χ1n) is 6.05. The lowest BCUT2D eigenvalue weighted by molar-refractivity contribution is -0.387. The van der Waals surface area contributed by atoms with Crippen LogP contribution in [0.4, 0.5) is 14.5 Å². The first-order valence-corrected chi connectivity index (χ1v) is 6.05. The van der Waals surface area contributed by atoms with Gasteiger partial charge in [-0.2, -0.15) is 4.39 Å². The van der Waals surface area contributed by atoms with Crippen molar-refractivity contribution in [1.29, 1.82) is 0 Å². The molecule has 1 aromatic rings. The van der Waals surface area contributed by atoms with E-state index in [2.05, 4.69) is 10.6 Å². The Bertz CT molecular complexity index is 578. The predicted octanol–water partition coefficient (Wildman–Crippen LogP) is 1.13. The fraction of sp³-hybridized carbons (Fsp3) is 0.333. The van der Waals surface area contributed by atoms with E-state index in [0.717, 1.165) is 0 Å². The van der Waals surface area contributed by atoms with Gasteiger partial charge >= 0.3 is 5.69 Å². The standard InChI is InChI=1S/C12H13F2N3O4/c1-2-3-15-11(18)6-16-12(19)7-4-9(14)10(17(20)21)5-8(7)13/h4-5H,2-3,6H2,1H3,(H,15,18)(H,16,19). The fourth-order valence-corrected chi connectivity index (χ4v) is 1.43. The molecule has 0 aliphatic heterocycles. The summed E-state index contributed by atoms with van der Waals surface area (Å²) in [6.45, 7) is 1.86. The summed E-state index contributed by atoms with van der Waals surface area (Å²) in [5, 5.41) is 15.0. The number of nitro benzene ring substituents is 1. The average molecular weight is 301 g/mol.